The van der Waals surface area contributed by atoms with Crippen LogP contribution >= 0.6 is 0 Å². The number of rotatable bonds is 3. The summed E-state index contributed by atoms with van der Waals surface area (Å²) in [5.41, 5.74) is 1.30. The summed E-state index contributed by atoms with van der Waals surface area (Å²) in [5.74, 6) is -0.150. The van der Waals surface area contributed by atoms with Gasteiger partial charge in [0.2, 0.25) is 0 Å². The van der Waals surface area contributed by atoms with Gasteiger partial charge in [0, 0.05) is 6.04 Å². The third kappa shape index (κ3) is 2.42. The Labute approximate surface area is 96.0 Å². The lowest BCUT2D eigenvalue weighted by Crippen LogP contribution is -2.30. The highest BCUT2D eigenvalue weighted by atomic mass is 16.5. The summed E-state index contributed by atoms with van der Waals surface area (Å²) in [5, 5.41) is 0. The zero-order chi connectivity index (χ0) is 11.4. The van der Waals surface area contributed by atoms with Gasteiger partial charge in [0.25, 0.3) is 0 Å². The fraction of sp³-hybridized carbons (Fsp3) is 0.462. The lowest BCUT2D eigenvalue weighted by atomic mass is 10.0. The number of ether oxygens (including phenoxy) is 1. The van der Waals surface area contributed by atoms with Crippen molar-refractivity contribution in [1.29, 1.82) is 0 Å². The number of methoxy groups -OCH3 is 1. The number of nitrogens with zero attached hydrogens (tertiary/aromatic N) is 1. The van der Waals surface area contributed by atoms with Crippen LogP contribution < -0.4 is 0 Å². The average molecular weight is 219 g/mol. The molecule has 0 radical (unpaired) electrons. The predicted octanol–water partition coefficient (Wildman–Crippen LogP) is 2.00. The summed E-state index contributed by atoms with van der Waals surface area (Å²) in [7, 11) is 1.44. The Bertz CT molecular complexity index is 350. The van der Waals surface area contributed by atoms with Crippen molar-refractivity contribution in [3.05, 3.63) is 35.9 Å². The molecule has 1 aromatic carbocycles. The van der Waals surface area contributed by atoms with E-state index in [-0.39, 0.29) is 5.97 Å². The zero-order valence-corrected chi connectivity index (χ0v) is 9.56. The largest absolute Gasteiger partial charge is 0.468 e. The minimum absolute atomic E-state index is 0.150. The predicted molar refractivity (Wildman–Crippen MR) is 62.0 cm³/mol. The molecular weight excluding hydrogens is 202 g/mol. The molecule has 0 bridgehead atoms. The standard InChI is InChI=1S/C13H17NO2/c1-16-13(15)10-14-9-5-8-12(14)11-6-3-2-4-7-11/h2-4,6-7,12H,5,8-10H2,1H3. The highest BCUT2D eigenvalue weighted by Crippen LogP contribution is 2.31. The van der Waals surface area contributed by atoms with Gasteiger partial charge in [0.05, 0.1) is 13.7 Å². The smallest absolute Gasteiger partial charge is 0.319 e. The summed E-state index contributed by atoms with van der Waals surface area (Å²) >= 11 is 0. The fourth-order valence-corrected chi connectivity index (χ4v) is 2.30. The van der Waals surface area contributed by atoms with Crippen LogP contribution in [-0.4, -0.2) is 31.1 Å². The number of likely N-dealkylation sites (tertiary alicyclic amines) is 1. The van der Waals surface area contributed by atoms with Crippen molar-refractivity contribution in [3.8, 4) is 0 Å². The second-order valence-corrected chi connectivity index (χ2v) is 4.12. The minimum Gasteiger partial charge on any atom is -0.468 e. The average Bonchev–Trinajstić information content (AvgIpc) is 2.78. The third-order valence-electron chi connectivity index (χ3n) is 3.11. The van der Waals surface area contributed by atoms with Crippen LogP contribution in [0.3, 0.4) is 0 Å². The molecule has 1 aliphatic heterocycles. The molecule has 1 atom stereocenters. The van der Waals surface area contributed by atoms with Crippen molar-refractivity contribution >= 4 is 5.97 Å². The molecule has 0 spiro atoms. The highest BCUT2D eigenvalue weighted by Gasteiger charge is 2.27. The van der Waals surface area contributed by atoms with Crippen LogP contribution in [0.25, 0.3) is 0 Å². The van der Waals surface area contributed by atoms with E-state index in [0.717, 1.165) is 19.4 Å². The van der Waals surface area contributed by atoms with Gasteiger partial charge >= 0.3 is 5.97 Å². The number of hydrogen-bond acceptors (Lipinski definition) is 3. The van der Waals surface area contributed by atoms with Crippen molar-refractivity contribution < 1.29 is 9.53 Å². The Kier molecular flexibility index (Phi) is 3.57. The van der Waals surface area contributed by atoms with Gasteiger partial charge in [-0.2, -0.15) is 0 Å². The first kappa shape index (κ1) is 11.1. The molecule has 3 nitrogen and oxygen atoms in total. The molecule has 1 aromatic rings. The van der Waals surface area contributed by atoms with Crippen LogP contribution in [0.2, 0.25) is 0 Å². The van der Waals surface area contributed by atoms with E-state index in [9.17, 15) is 4.79 Å². The zero-order valence-electron chi connectivity index (χ0n) is 9.56. The van der Waals surface area contributed by atoms with Crippen LogP contribution in [0, 0.1) is 0 Å². The third-order valence-corrected chi connectivity index (χ3v) is 3.11. The van der Waals surface area contributed by atoms with E-state index in [1.807, 2.05) is 18.2 Å². The maximum atomic E-state index is 11.3. The Morgan fingerprint density at radius 2 is 2.19 bits per heavy atom. The monoisotopic (exact) mass is 219 g/mol. The van der Waals surface area contributed by atoms with Crippen LogP contribution in [0.5, 0.6) is 0 Å². The second kappa shape index (κ2) is 5.12. The summed E-state index contributed by atoms with van der Waals surface area (Å²) in [6.07, 6.45) is 2.28. The van der Waals surface area contributed by atoms with E-state index in [1.54, 1.807) is 0 Å². The number of carbonyl (C=O) groups is 1. The number of hydrogen-bond donors (Lipinski definition) is 0. The number of esters is 1. The first-order valence-corrected chi connectivity index (χ1v) is 5.67. The Morgan fingerprint density at radius 3 is 2.88 bits per heavy atom. The lowest BCUT2D eigenvalue weighted by molar-refractivity contribution is -0.142. The van der Waals surface area contributed by atoms with Gasteiger partial charge in [0.15, 0.2) is 0 Å². The van der Waals surface area contributed by atoms with Crippen molar-refractivity contribution in [2.24, 2.45) is 0 Å². The molecular formula is C13H17NO2. The molecule has 86 valence electrons. The molecule has 1 saturated heterocycles. The van der Waals surface area contributed by atoms with Crippen molar-refractivity contribution in [3.63, 3.8) is 0 Å². The van der Waals surface area contributed by atoms with E-state index in [0.29, 0.717) is 12.6 Å². The van der Waals surface area contributed by atoms with Gasteiger partial charge in [-0.1, -0.05) is 30.3 Å². The topological polar surface area (TPSA) is 29.5 Å². The van der Waals surface area contributed by atoms with Gasteiger partial charge in [-0.15, -0.1) is 0 Å². The first-order valence-electron chi connectivity index (χ1n) is 5.67. The van der Waals surface area contributed by atoms with Gasteiger partial charge in [-0.25, -0.2) is 0 Å². The molecule has 0 saturated carbocycles. The molecule has 0 N–H and O–H groups in total. The van der Waals surface area contributed by atoms with Crippen LogP contribution in [0.4, 0.5) is 0 Å². The van der Waals surface area contributed by atoms with E-state index in [1.165, 1.54) is 12.7 Å². The molecule has 1 unspecified atom stereocenters. The summed E-state index contributed by atoms with van der Waals surface area (Å²) in [6.45, 7) is 1.38. The number of benzene rings is 1. The second-order valence-electron chi connectivity index (χ2n) is 4.12. The maximum Gasteiger partial charge on any atom is 0.319 e. The van der Waals surface area contributed by atoms with E-state index < -0.39 is 0 Å². The molecule has 0 amide bonds. The quantitative estimate of drug-likeness (QED) is 0.728. The van der Waals surface area contributed by atoms with Crippen LogP contribution in [-0.2, 0) is 9.53 Å². The number of carbonyl (C=O) groups excluding carboxylic acids is 1. The maximum absolute atomic E-state index is 11.3. The Balaban J connectivity index is 2.06. The SMILES string of the molecule is COC(=O)CN1CCCC1c1ccccc1. The van der Waals surface area contributed by atoms with Gasteiger partial charge in [0.1, 0.15) is 0 Å². The van der Waals surface area contributed by atoms with Gasteiger partial charge in [-0.05, 0) is 24.9 Å². The Hall–Kier alpha value is -1.35. The van der Waals surface area contributed by atoms with Crippen molar-refractivity contribution in [1.82, 2.24) is 4.90 Å². The van der Waals surface area contributed by atoms with Gasteiger partial charge in [-0.3, -0.25) is 9.69 Å². The summed E-state index contributed by atoms with van der Waals surface area (Å²) in [6, 6.07) is 10.7. The van der Waals surface area contributed by atoms with Crippen molar-refractivity contribution in [2.45, 2.75) is 18.9 Å². The molecule has 1 aliphatic rings. The van der Waals surface area contributed by atoms with E-state index >= 15 is 0 Å². The Morgan fingerprint density at radius 1 is 1.44 bits per heavy atom. The molecule has 16 heavy (non-hydrogen) atoms. The van der Waals surface area contributed by atoms with Crippen molar-refractivity contribution in [2.75, 3.05) is 20.2 Å². The molecule has 1 fully saturated rings. The van der Waals surface area contributed by atoms with E-state index in [2.05, 4.69) is 17.0 Å². The highest BCUT2D eigenvalue weighted by molar-refractivity contribution is 5.71. The van der Waals surface area contributed by atoms with Crippen LogP contribution in [0.15, 0.2) is 30.3 Å². The molecule has 2 rings (SSSR count). The van der Waals surface area contributed by atoms with Crippen LogP contribution in [0.1, 0.15) is 24.4 Å². The minimum atomic E-state index is -0.150. The summed E-state index contributed by atoms with van der Waals surface area (Å²) < 4.78 is 4.72. The molecule has 0 aromatic heterocycles. The fourth-order valence-electron chi connectivity index (χ4n) is 2.30. The lowest BCUT2D eigenvalue weighted by Gasteiger charge is -2.23. The van der Waals surface area contributed by atoms with E-state index in [4.69, 9.17) is 4.74 Å². The molecule has 3 heteroatoms. The molecule has 1 heterocycles. The normalized spacial score (nSPS) is 20.9. The van der Waals surface area contributed by atoms with Gasteiger partial charge < -0.3 is 4.74 Å². The molecule has 0 aliphatic carbocycles. The first-order chi connectivity index (χ1) is 7.81. The summed E-state index contributed by atoms with van der Waals surface area (Å²) in [4.78, 5) is 13.5.